The average Bonchev–Trinajstić information content (AvgIpc) is 2.73. The topological polar surface area (TPSA) is 47.6 Å². The standard InChI is InChI=1S/C23H25NO3S/c1-26-21-11-10-17(14-22(21)27-2)12-13-24-23(25)16-28-15-19-8-5-7-18-6-3-4-9-20(18)19/h3-11,14H,12-13,15-16H2,1-2H3,(H,24,25). The lowest BCUT2D eigenvalue weighted by atomic mass is 10.1. The van der Waals surface area contributed by atoms with Crippen LogP contribution in [0.3, 0.4) is 0 Å². The van der Waals surface area contributed by atoms with Gasteiger partial charge < -0.3 is 14.8 Å². The molecule has 0 spiro atoms. The predicted octanol–water partition coefficient (Wildman–Crippen LogP) is 4.45. The molecule has 0 aliphatic carbocycles. The van der Waals surface area contributed by atoms with E-state index in [1.54, 1.807) is 26.0 Å². The first-order chi connectivity index (χ1) is 13.7. The lowest BCUT2D eigenvalue weighted by Crippen LogP contribution is -2.27. The van der Waals surface area contributed by atoms with Crippen LogP contribution in [0, 0.1) is 0 Å². The Labute approximate surface area is 170 Å². The van der Waals surface area contributed by atoms with Crippen molar-refractivity contribution >= 4 is 28.4 Å². The molecule has 1 amide bonds. The van der Waals surface area contributed by atoms with E-state index in [2.05, 4.69) is 41.7 Å². The molecule has 0 saturated carbocycles. The molecule has 4 nitrogen and oxygen atoms in total. The summed E-state index contributed by atoms with van der Waals surface area (Å²) < 4.78 is 10.6. The predicted molar refractivity (Wildman–Crippen MR) is 116 cm³/mol. The summed E-state index contributed by atoms with van der Waals surface area (Å²) in [5, 5.41) is 5.48. The zero-order chi connectivity index (χ0) is 19.8. The summed E-state index contributed by atoms with van der Waals surface area (Å²) in [7, 11) is 3.24. The smallest absolute Gasteiger partial charge is 0.230 e. The van der Waals surface area contributed by atoms with Gasteiger partial charge in [-0.25, -0.2) is 0 Å². The molecule has 0 heterocycles. The molecule has 0 saturated heterocycles. The minimum absolute atomic E-state index is 0.0608. The molecule has 0 bridgehead atoms. The van der Waals surface area contributed by atoms with E-state index in [1.165, 1.54) is 16.3 Å². The maximum Gasteiger partial charge on any atom is 0.230 e. The van der Waals surface area contributed by atoms with Crippen molar-refractivity contribution in [2.75, 3.05) is 26.5 Å². The van der Waals surface area contributed by atoms with E-state index in [9.17, 15) is 4.79 Å². The Hall–Kier alpha value is -2.66. The van der Waals surface area contributed by atoms with Crippen molar-refractivity contribution in [1.82, 2.24) is 5.32 Å². The van der Waals surface area contributed by atoms with Crippen LogP contribution in [-0.4, -0.2) is 32.4 Å². The summed E-state index contributed by atoms with van der Waals surface area (Å²) in [5.41, 5.74) is 2.36. The van der Waals surface area contributed by atoms with Crippen molar-refractivity contribution < 1.29 is 14.3 Å². The Morgan fingerprint density at radius 3 is 2.57 bits per heavy atom. The molecule has 0 aliphatic heterocycles. The van der Waals surface area contributed by atoms with E-state index < -0.39 is 0 Å². The average molecular weight is 396 g/mol. The van der Waals surface area contributed by atoms with Gasteiger partial charge in [0.15, 0.2) is 11.5 Å². The fourth-order valence-electron chi connectivity index (χ4n) is 3.11. The molecule has 0 atom stereocenters. The first kappa shape index (κ1) is 20.1. The van der Waals surface area contributed by atoms with Gasteiger partial charge in [-0.05, 0) is 40.5 Å². The highest BCUT2D eigenvalue weighted by molar-refractivity contribution is 7.99. The second kappa shape index (κ2) is 10.0. The number of nitrogens with one attached hydrogen (secondary N) is 1. The molecule has 3 aromatic rings. The Morgan fingerprint density at radius 2 is 1.75 bits per heavy atom. The minimum Gasteiger partial charge on any atom is -0.493 e. The highest BCUT2D eigenvalue weighted by Gasteiger charge is 2.07. The summed E-state index contributed by atoms with van der Waals surface area (Å²) in [6.45, 7) is 0.600. The van der Waals surface area contributed by atoms with Crippen LogP contribution >= 0.6 is 11.8 Å². The van der Waals surface area contributed by atoms with E-state index in [0.29, 0.717) is 23.8 Å². The molecule has 146 valence electrons. The van der Waals surface area contributed by atoms with Gasteiger partial charge in [0.1, 0.15) is 0 Å². The Morgan fingerprint density at radius 1 is 0.964 bits per heavy atom. The van der Waals surface area contributed by atoms with Crippen LogP contribution in [0.25, 0.3) is 10.8 Å². The number of hydrogen-bond donors (Lipinski definition) is 1. The van der Waals surface area contributed by atoms with Gasteiger partial charge >= 0.3 is 0 Å². The highest BCUT2D eigenvalue weighted by Crippen LogP contribution is 2.27. The zero-order valence-electron chi connectivity index (χ0n) is 16.2. The van der Waals surface area contributed by atoms with Crippen LogP contribution in [0.5, 0.6) is 11.5 Å². The number of methoxy groups -OCH3 is 2. The third-order valence-electron chi connectivity index (χ3n) is 4.55. The summed E-state index contributed by atoms with van der Waals surface area (Å²) >= 11 is 1.64. The molecule has 3 aromatic carbocycles. The molecule has 0 unspecified atom stereocenters. The van der Waals surface area contributed by atoms with Gasteiger partial charge in [-0.1, -0.05) is 48.5 Å². The maximum absolute atomic E-state index is 12.1. The number of benzene rings is 3. The SMILES string of the molecule is COc1ccc(CCNC(=O)CSCc2cccc3ccccc23)cc1OC. The maximum atomic E-state index is 12.1. The largest absolute Gasteiger partial charge is 0.493 e. The van der Waals surface area contributed by atoms with Crippen molar-refractivity contribution in [2.24, 2.45) is 0 Å². The third-order valence-corrected chi connectivity index (χ3v) is 5.54. The van der Waals surface area contributed by atoms with E-state index in [1.807, 2.05) is 24.3 Å². The van der Waals surface area contributed by atoms with Crippen molar-refractivity contribution in [3.8, 4) is 11.5 Å². The van der Waals surface area contributed by atoms with Crippen molar-refractivity contribution in [3.63, 3.8) is 0 Å². The number of carbonyl (C=O) groups is 1. The van der Waals surface area contributed by atoms with Gasteiger partial charge in [-0.15, -0.1) is 11.8 Å². The van der Waals surface area contributed by atoms with Crippen LogP contribution in [0.1, 0.15) is 11.1 Å². The molecule has 0 aliphatic rings. The van der Waals surface area contributed by atoms with Gasteiger partial charge in [0.05, 0.1) is 20.0 Å². The van der Waals surface area contributed by atoms with E-state index in [4.69, 9.17) is 9.47 Å². The Kier molecular flexibility index (Phi) is 7.20. The summed E-state index contributed by atoms with van der Waals surface area (Å²) in [5.74, 6) is 2.75. The molecular weight excluding hydrogens is 370 g/mol. The van der Waals surface area contributed by atoms with Gasteiger partial charge in [0.2, 0.25) is 5.91 Å². The summed E-state index contributed by atoms with van der Waals surface area (Å²) in [4.78, 5) is 12.1. The number of hydrogen-bond acceptors (Lipinski definition) is 4. The lowest BCUT2D eigenvalue weighted by molar-refractivity contribution is -0.118. The van der Waals surface area contributed by atoms with Gasteiger partial charge in [-0.2, -0.15) is 0 Å². The summed E-state index contributed by atoms with van der Waals surface area (Å²) in [6.07, 6.45) is 0.750. The quantitative estimate of drug-likeness (QED) is 0.582. The van der Waals surface area contributed by atoms with Gasteiger partial charge in [0.25, 0.3) is 0 Å². The second-order valence-corrected chi connectivity index (χ2v) is 7.41. The van der Waals surface area contributed by atoms with E-state index in [0.717, 1.165) is 17.7 Å². The Bertz CT molecular complexity index is 937. The highest BCUT2D eigenvalue weighted by atomic mass is 32.2. The molecule has 0 radical (unpaired) electrons. The van der Waals surface area contributed by atoms with Crippen molar-refractivity contribution in [3.05, 3.63) is 71.8 Å². The van der Waals surface area contributed by atoms with E-state index in [-0.39, 0.29) is 5.91 Å². The number of amides is 1. The monoisotopic (exact) mass is 395 g/mol. The van der Waals surface area contributed by atoms with Crippen molar-refractivity contribution in [1.29, 1.82) is 0 Å². The van der Waals surface area contributed by atoms with Crippen LogP contribution in [0.4, 0.5) is 0 Å². The molecule has 3 rings (SSSR count). The molecule has 0 aromatic heterocycles. The first-order valence-electron chi connectivity index (χ1n) is 9.23. The van der Waals surface area contributed by atoms with Crippen LogP contribution in [0.15, 0.2) is 60.7 Å². The molecule has 28 heavy (non-hydrogen) atoms. The number of fused-ring (bicyclic) bond motifs is 1. The van der Waals surface area contributed by atoms with E-state index >= 15 is 0 Å². The van der Waals surface area contributed by atoms with Crippen LogP contribution in [0.2, 0.25) is 0 Å². The fourth-order valence-corrected chi connectivity index (χ4v) is 3.97. The molecule has 0 fully saturated rings. The lowest BCUT2D eigenvalue weighted by Gasteiger charge is -2.10. The number of ether oxygens (including phenoxy) is 2. The zero-order valence-corrected chi connectivity index (χ0v) is 17.1. The summed E-state index contributed by atoms with van der Waals surface area (Å²) in [6, 6.07) is 20.5. The first-order valence-corrected chi connectivity index (χ1v) is 10.4. The third kappa shape index (κ3) is 5.20. The minimum atomic E-state index is 0.0608. The Balaban J connectivity index is 1.44. The van der Waals surface area contributed by atoms with Crippen LogP contribution < -0.4 is 14.8 Å². The van der Waals surface area contributed by atoms with Crippen molar-refractivity contribution in [2.45, 2.75) is 12.2 Å². The number of carbonyl (C=O) groups excluding carboxylic acids is 1. The van der Waals surface area contributed by atoms with Gasteiger partial charge in [-0.3, -0.25) is 4.79 Å². The molecular formula is C23H25NO3S. The normalized spacial score (nSPS) is 10.6. The van der Waals surface area contributed by atoms with Crippen LogP contribution in [-0.2, 0) is 17.0 Å². The number of rotatable bonds is 9. The molecule has 1 N–H and O–H groups in total. The number of thioether (sulfide) groups is 1. The fraction of sp³-hybridized carbons (Fsp3) is 0.261. The molecule has 5 heteroatoms. The second-order valence-electron chi connectivity index (χ2n) is 6.42. The van der Waals surface area contributed by atoms with Gasteiger partial charge in [0, 0.05) is 12.3 Å².